The Morgan fingerprint density at radius 3 is 2.88 bits per heavy atom. The maximum Gasteiger partial charge on any atom is 0.317 e. The van der Waals surface area contributed by atoms with Gasteiger partial charge >= 0.3 is 6.03 Å². The van der Waals surface area contributed by atoms with E-state index >= 15 is 0 Å². The summed E-state index contributed by atoms with van der Waals surface area (Å²) in [4.78, 5) is 21.0. The summed E-state index contributed by atoms with van der Waals surface area (Å²) < 4.78 is 0. The Hall–Kier alpha value is -1.27. The summed E-state index contributed by atoms with van der Waals surface area (Å²) in [6.07, 6.45) is 7.22. The lowest BCUT2D eigenvalue weighted by atomic mass is 10.2. The number of nitrogens with one attached hydrogen (secondary N) is 1. The second-order valence-corrected chi connectivity index (χ2v) is 8.24. The van der Waals surface area contributed by atoms with Crippen molar-refractivity contribution in [3.8, 4) is 0 Å². The van der Waals surface area contributed by atoms with Crippen LogP contribution in [0.15, 0.2) is 24.5 Å². The van der Waals surface area contributed by atoms with E-state index in [1.165, 1.54) is 17.7 Å². The number of aromatic nitrogens is 1. The first-order chi connectivity index (χ1) is 11.7. The van der Waals surface area contributed by atoms with Crippen molar-refractivity contribution in [2.45, 2.75) is 44.0 Å². The van der Waals surface area contributed by atoms with Gasteiger partial charge < -0.3 is 10.2 Å². The summed E-state index contributed by atoms with van der Waals surface area (Å²) in [5.74, 6) is 1.17. The molecule has 0 aromatic carbocycles. The molecule has 1 N–H and O–H groups in total. The van der Waals surface area contributed by atoms with Crippen molar-refractivity contribution < 1.29 is 4.79 Å². The van der Waals surface area contributed by atoms with Crippen molar-refractivity contribution in [2.24, 2.45) is 0 Å². The normalized spacial score (nSPS) is 25.0. The Morgan fingerprint density at radius 1 is 1.33 bits per heavy atom. The van der Waals surface area contributed by atoms with Gasteiger partial charge in [0.2, 0.25) is 0 Å². The van der Waals surface area contributed by atoms with Crippen molar-refractivity contribution in [3.63, 3.8) is 0 Å². The number of piperazine rings is 1. The monoisotopic (exact) mass is 348 g/mol. The predicted octanol–water partition coefficient (Wildman–Crippen LogP) is 2.58. The topological polar surface area (TPSA) is 48.5 Å². The van der Waals surface area contributed by atoms with Crippen LogP contribution in [0.1, 0.15) is 31.7 Å². The van der Waals surface area contributed by atoms with Gasteiger partial charge in [0.1, 0.15) is 0 Å². The molecule has 1 aliphatic carbocycles. The summed E-state index contributed by atoms with van der Waals surface area (Å²) in [6, 6.07) is 4.58. The van der Waals surface area contributed by atoms with Crippen LogP contribution >= 0.6 is 11.8 Å². The van der Waals surface area contributed by atoms with Gasteiger partial charge in [-0.1, -0.05) is 13.0 Å². The van der Waals surface area contributed by atoms with Gasteiger partial charge in [-0.25, -0.2) is 4.79 Å². The molecule has 0 spiro atoms. The van der Waals surface area contributed by atoms with Crippen LogP contribution in [0.25, 0.3) is 0 Å². The van der Waals surface area contributed by atoms with E-state index < -0.39 is 0 Å². The highest BCUT2D eigenvalue weighted by Gasteiger charge is 2.28. The van der Waals surface area contributed by atoms with Crippen LogP contribution < -0.4 is 5.32 Å². The van der Waals surface area contributed by atoms with Crippen LogP contribution in [0.4, 0.5) is 4.79 Å². The van der Waals surface area contributed by atoms with Crippen LogP contribution in [0, 0.1) is 0 Å². The largest absolute Gasteiger partial charge is 0.335 e. The number of rotatable bonds is 5. The van der Waals surface area contributed by atoms with Gasteiger partial charge in [0.25, 0.3) is 0 Å². The zero-order valence-electron chi connectivity index (χ0n) is 14.5. The molecular formula is C18H28N4OS. The zero-order valence-corrected chi connectivity index (χ0v) is 15.3. The van der Waals surface area contributed by atoms with E-state index in [0.29, 0.717) is 6.04 Å². The molecule has 6 heteroatoms. The van der Waals surface area contributed by atoms with Crippen molar-refractivity contribution in [1.82, 2.24) is 20.1 Å². The molecular weight excluding hydrogens is 320 g/mol. The molecule has 132 valence electrons. The highest BCUT2D eigenvalue weighted by molar-refractivity contribution is 7.99. The van der Waals surface area contributed by atoms with E-state index in [4.69, 9.17) is 0 Å². The van der Waals surface area contributed by atoms with E-state index in [-0.39, 0.29) is 6.03 Å². The van der Waals surface area contributed by atoms with E-state index in [1.54, 1.807) is 6.20 Å². The van der Waals surface area contributed by atoms with Gasteiger partial charge in [0.15, 0.2) is 0 Å². The third-order valence-corrected chi connectivity index (χ3v) is 6.14. The van der Waals surface area contributed by atoms with E-state index in [0.717, 1.165) is 50.8 Å². The number of hydrogen-bond acceptors (Lipinski definition) is 4. The van der Waals surface area contributed by atoms with Gasteiger partial charge in [-0.05, 0) is 36.6 Å². The molecule has 24 heavy (non-hydrogen) atoms. The molecule has 1 aromatic heterocycles. The summed E-state index contributed by atoms with van der Waals surface area (Å²) in [5, 5.41) is 3.98. The highest BCUT2D eigenvalue weighted by atomic mass is 32.2. The quantitative estimate of drug-likeness (QED) is 0.888. The molecule has 2 atom stereocenters. The van der Waals surface area contributed by atoms with Gasteiger partial charge in [-0.2, -0.15) is 11.8 Å². The van der Waals surface area contributed by atoms with Crippen molar-refractivity contribution in [1.29, 1.82) is 0 Å². The van der Waals surface area contributed by atoms with Crippen LogP contribution in [0.5, 0.6) is 0 Å². The Balaban J connectivity index is 1.39. The lowest BCUT2D eigenvalue weighted by Crippen LogP contribution is -2.52. The minimum Gasteiger partial charge on any atom is -0.335 e. The third kappa shape index (κ3) is 4.86. The summed E-state index contributed by atoms with van der Waals surface area (Å²) in [5.41, 5.74) is 1.24. The molecule has 1 saturated carbocycles. The lowest BCUT2D eigenvalue weighted by molar-refractivity contribution is 0.133. The van der Waals surface area contributed by atoms with Gasteiger partial charge in [-0.3, -0.25) is 9.88 Å². The van der Waals surface area contributed by atoms with Crippen molar-refractivity contribution >= 4 is 17.8 Å². The number of urea groups is 1. The predicted molar refractivity (Wildman–Crippen MR) is 99.2 cm³/mol. The Kier molecular flexibility index (Phi) is 6.37. The van der Waals surface area contributed by atoms with Gasteiger partial charge in [-0.15, -0.1) is 0 Å². The standard InChI is InChI=1S/C18H28N4OS/c1-2-24-17-6-5-16(12-17)20-18(23)22-10-8-21(9-11-22)14-15-4-3-7-19-13-15/h3-4,7,13,16-17H,2,5-6,8-12,14H2,1H3,(H,20,23)/t16-,17-/m1/s1. The molecule has 3 rings (SSSR count). The molecule has 0 radical (unpaired) electrons. The third-order valence-electron chi connectivity index (χ3n) is 4.90. The number of pyridine rings is 1. The van der Waals surface area contributed by atoms with Crippen LogP contribution in [0.3, 0.4) is 0 Å². The van der Waals surface area contributed by atoms with E-state index in [1.807, 2.05) is 28.9 Å². The number of nitrogens with zero attached hydrogens (tertiary/aromatic N) is 3. The van der Waals surface area contributed by atoms with Crippen LogP contribution in [-0.4, -0.2) is 64.0 Å². The van der Waals surface area contributed by atoms with Gasteiger partial charge in [0.05, 0.1) is 0 Å². The summed E-state index contributed by atoms with van der Waals surface area (Å²) in [6.45, 7) is 6.61. The minimum atomic E-state index is 0.128. The average Bonchev–Trinajstić information content (AvgIpc) is 3.04. The number of thioether (sulfide) groups is 1. The summed E-state index contributed by atoms with van der Waals surface area (Å²) >= 11 is 2.03. The maximum atomic E-state index is 12.5. The molecule has 2 fully saturated rings. The molecule has 0 unspecified atom stereocenters. The second-order valence-electron chi connectivity index (χ2n) is 6.66. The smallest absolute Gasteiger partial charge is 0.317 e. The van der Waals surface area contributed by atoms with E-state index in [9.17, 15) is 4.79 Å². The molecule has 2 heterocycles. The second kappa shape index (κ2) is 8.72. The van der Waals surface area contributed by atoms with Crippen LogP contribution in [-0.2, 0) is 6.54 Å². The van der Waals surface area contributed by atoms with E-state index in [2.05, 4.69) is 28.2 Å². The molecule has 5 nitrogen and oxygen atoms in total. The molecule has 1 aromatic rings. The zero-order chi connectivity index (χ0) is 16.8. The molecule has 0 bridgehead atoms. The Bertz CT molecular complexity index is 519. The minimum absolute atomic E-state index is 0.128. The fourth-order valence-corrected chi connectivity index (χ4v) is 4.73. The highest BCUT2D eigenvalue weighted by Crippen LogP contribution is 2.29. The number of hydrogen-bond donors (Lipinski definition) is 1. The first-order valence-electron chi connectivity index (χ1n) is 9.03. The molecule has 2 aliphatic rings. The molecule has 1 saturated heterocycles. The number of carbonyl (C=O) groups excluding carboxylic acids is 1. The fraction of sp³-hybridized carbons (Fsp3) is 0.667. The summed E-state index contributed by atoms with van der Waals surface area (Å²) in [7, 11) is 0. The first-order valence-corrected chi connectivity index (χ1v) is 10.1. The molecule has 1 aliphatic heterocycles. The first kappa shape index (κ1) is 17.5. The maximum absolute atomic E-state index is 12.5. The van der Waals surface area contributed by atoms with Crippen LogP contribution in [0.2, 0.25) is 0 Å². The van der Waals surface area contributed by atoms with Crippen molar-refractivity contribution in [3.05, 3.63) is 30.1 Å². The number of amides is 2. The Labute approximate surface area is 149 Å². The van der Waals surface area contributed by atoms with Gasteiger partial charge in [0, 0.05) is 56.4 Å². The van der Waals surface area contributed by atoms with Crippen molar-refractivity contribution in [2.75, 3.05) is 31.9 Å². The fourth-order valence-electron chi connectivity index (χ4n) is 3.58. The average molecular weight is 349 g/mol. The SMILES string of the molecule is CCS[C@@H]1CC[C@@H](NC(=O)N2CCN(Cc3cccnc3)CC2)C1. The Morgan fingerprint density at radius 2 is 2.17 bits per heavy atom. The number of carbonyl (C=O) groups is 1. The molecule has 2 amide bonds. The lowest BCUT2D eigenvalue weighted by Gasteiger charge is -2.35.